The Hall–Kier alpha value is -0.790. The predicted molar refractivity (Wildman–Crippen MR) is 65.5 cm³/mol. The SMILES string of the molecule is ClC/C=C/CNC1Cc2ccccc2C1. The first kappa shape index (κ1) is 10.7. The van der Waals surface area contributed by atoms with Gasteiger partial charge in [-0.15, -0.1) is 11.6 Å². The second-order valence-corrected chi connectivity index (χ2v) is 4.22. The number of halogens is 1. The molecule has 0 radical (unpaired) electrons. The maximum atomic E-state index is 5.56. The van der Waals surface area contributed by atoms with Crippen LogP contribution in [0.25, 0.3) is 0 Å². The van der Waals surface area contributed by atoms with Crippen molar-refractivity contribution in [3.8, 4) is 0 Å². The van der Waals surface area contributed by atoms with Crippen LogP contribution < -0.4 is 5.32 Å². The Bertz CT molecular complexity index is 321. The molecule has 1 N–H and O–H groups in total. The van der Waals surface area contributed by atoms with Gasteiger partial charge in [0, 0.05) is 18.5 Å². The van der Waals surface area contributed by atoms with Gasteiger partial charge < -0.3 is 5.32 Å². The minimum absolute atomic E-state index is 0.599. The molecule has 0 spiro atoms. The van der Waals surface area contributed by atoms with E-state index < -0.39 is 0 Å². The molecule has 0 aromatic heterocycles. The van der Waals surface area contributed by atoms with Crippen molar-refractivity contribution in [3.63, 3.8) is 0 Å². The second-order valence-electron chi connectivity index (χ2n) is 3.91. The normalized spacial score (nSPS) is 16.1. The van der Waals surface area contributed by atoms with E-state index in [1.54, 1.807) is 0 Å². The van der Waals surface area contributed by atoms with Crippen LogP contribution >= 0.6 is 11.6 Å². The molecule has 0 amide bonds. The fourth-order valence-electron chi connectivity index (χ4n) is 2.08. The van der Waals surface area contributed by atoms with E-state index in [9.17, 15) is 0 Å². The minimum atomic E-state index is 0.599. The van der Waals surface area contributed by atoms with Gasteiger partial charge in [-0.2, -0.15) is 0 Å². The highest BCUT2D eigenvalue weighted by molar-refractivity contribution is 6.18. The number of fused-ring (bicyclic) bond motifs is 1. The van der Waals surface area contributed by atoms with E-state index in [4.69, 9.17) is 11.6 Å². The molecular formula is C13H16ClN. The summed E-state index contributed by atoms with van der Waals surface area (Å²) >= 11 is 5.56. The summed E-state index contributed by atoms with van der Waals surface area (Å²) in [5.41, 5.74) is 2.99. The summed E-state index contributed by atoms with van der Waals surface area (Å²) in [6.07, 6.45) is 6.39. The lowest BCUT2D eigenvalue weighted by molar-refractivity contribution is 0.566. The van der Waals surface area contributed by atoms with Gasteiger partial charge in [0.25, 0.3) is 0 Å². The summed E-state index contributed by atoms with van der Waals surface area (Å²) < 4.78 is 0. The van der Waals surface area contributed by atoms with Crippen molar-refractivity contribution in [2.24, 2.45) is 0 Å². The average molecular weight is 222 g/mol. The van der Waals surface area contributed by atoms with Crippen molar-refractivity contribution in [1.82, 2.24) is 5.32 Å². The van der Waals surface area contributed by atoms with Gasteiger partial charge >= 0.3 is 0 Å². The Labute approximate surface area is 96.1 Å². The molecule has 1 aliphatic carbocycles. The number of rotatable bonds is 4. The smallest absolute Gasteiger partial charge is 0.0404 e. The number of nitrogens with one attached hydrogen (secondary N) is 1. The second kappa shape index (κ2) is 5.34. The Balaban J connectivity index is 1.83. The summed E-state index contributed by atoms with van der Waals surface area (Å²) in [6.45, 7) is 0.922. The van der Waals surface area contributed by atoms with Gasteiger partial charge in [0.1, 0.15) is 0 Å². The van der Waals surface area contributed by atoms with Crippen molar-refractivity contribution in [1.29, 1.82) is 0 Å². The third kappa shape index (κ3) is 2.83. The van der Waals surface area contributed by atoms with E-state index in [0.29, 0.717) is 11.9 Å². The van der Waals surface area contributed by atoms with Crippen LogP contribution in [0.3, 0.4) is 0 Å². The van der Waals surface area contributed by atoms with Crippen LogP contribution in [0.1, 0.15) is 11.1 Å². The molecule has 0 atom stereocenters. The standard InChI is InChI=1S/C13H16ClN/c14-7-3-4-8-15-13-9-11-5-1-2-6-12(11)10-13/h1-6,13,15H,7-10H2/b4-3+. The molecule has 0 unspecified atom stereocenters. The Morgan fingerprint density at radius 2 is 1.87 bits per heavy atom. The molecule has 1 aromatic rings. The molecule has 0 saturated carbocycles. The number of benzene rings is 1. The maximum absolute atomic E-state index is 5.56. The van der Waals surface area contributed by atoms with Crippen molar-refractivity contribution in [2.45, 2.75) is 18.9 Å². The van der Waals surface area contributed by atoms with Gasteiger partial charge in [0.15, 0.2) is 0 Å². The van der Waals surface area contributed by atoms with Crippen molar-refractivity contribution < 1.29 is 0 Å². The van der Waals surface area contributed by atoms with Crippen LogP contribution in [0.15, 0.2) is 36.4 Å². The lowest BCUT2D eigenvalue weighted by Gasteiger charge is -2.08. The summed E-state index contributed by atoms with van der Waals surface area (Å²) in [5.74, 6) is 0.604. The summed E-state index contributed by atoms with van der Waals surface area (Å²) in [6, 6.07) is 9.29. The molecule has 0 heterocycles. The Morgan fingerprint density at radius 1 is 1.20 bits per heavy atom. The topological polar surface area (TPSA) is 12.0 Å². The third-order valence-electron chi connectivity index (χ3n) is 2.83. The summed E-state index contributed by atoms with van der Waals surface area (Å²) in [4.78, 5) is 0. The molecule has 0 bridgehead atoms. The highest BCUT2D eigenvalue weighted by Crippen LogP contribution is 2.21. The molecule has 1 aromatic carbocycles. The van der Waals surface area contributed by atoms with E-state index in [1.165, 1.54) is 11.1 Å². The summed E-state index contributed by atoms with van der Waals surface area (Å²) in [5, 5.41) is 3.52. The van der Waals surface area contributed by atoms with E-state index in [0.717, 1.165) is 19.4 Å². The largest absolute Gasteiger partial charge is 0.310 e. The average Bonchev–Trinajstić information content (AvgIpc) is 2.67. The number of hydrogen-bond donors (Lipinski definition) is 1. The molecule has 2 heteroatoms. The first-order chi connectivity index (χ1) is 7.40. The molecule has 15 heavy (non-hydrogen) atoms. The van der Waals surface area contributed by atoms with Crippen molar-refractivity contribution >= 4 is 11.6 Å². The Morgan fingerprint density at radius 3 is 2.47 bits per heavy atom. The van der Waals surface area contributed by atoms with Gasteiger partial charge in [0.05, 0.1) is 0 Å². The zero-order chi connectivity index (χ0) is 10.5. The van der Waals surface area contributed by atoms with E-state index >= 15 is 0 Å². The minimum Gasteiger partial charge on any atom is -0.310 e. The molecule has 0 fully saturated rings. The molecule has 0 saturated heterocycles. The quantitative estimate of drug-likeness (QED) is 0.609. The first-order valence-corrected chi connectivity index (χ1v) is 5.94. The van der Waals surface area contributed by atoms with Crippen LogP contribution in [0.5, 0.6) is 0 Å². The lowest BCUT2D eigenvalue weighted by atomic mass is 10.1. The Kier molecular flexibility index (Phi) is 3.81. The van der Waals surface area contributed by atoms with Crippen LogP contribution in [0, 0.1) is 0 Å². The zero-order valence-corrected chi connectivity index (χ0v) is 9.50. The number of alkyl halides is 1. The van der Waals surface area contributed by atoms with Gasteiger partial charge in [0.2, 0.25) is 0 Å². The first-order valence-electron chi connectivity index (χ1n) is 5.41. The van der Waals surface area contributed by atoms with Gasteiger partial charge in [-0.3, -0.25) is 0 Å². The zero-order valence-electron chi connectivity index (χ0n) is 8.75. The van der Waals surface area contributed by atoms with Gasteiger partial charge in [-0.1, -0.05) is 36.4 Å². The molecular weight excluding hydrogens is 206 g/mol. The highest BCUT2D eigenvalue weighted by atomic mass is 35.5. The van der Waals surface area contributed by atoms with E-state index in [-0.39, 0.29) is 0 Å². The van der Waals surface area contributed by atoms with Crippen LogP contribution in [-0.4, -0.2) is 18.5 Å². The molecule has 2 rings (SSSR count). The third-order valence-corrected chi connectivity index (χ3v) is 3.01. The van der Waals surface area contributed by atoms with Gasteiger partial charge in [-0.25, -0.2) is 0 Å². The van der Waals surface area contributed by atoms with Crippen LogP contribution in [0.4, 0.5) is 0 Å². The number of hydrogen-bond acceptors (Lipinski definition) is 1. The van der Waals surface area contributed by atoms with E-state index in [1.807, 2.05) is 6.08 Å². The monoisotopic (exact) mass is 221 g/mol. The maximum Gasteiger partial charge on any atom is 0.0404 e. The van der Waals surface area contributed by atoms with E-state index in [2.05, 4.69) is 35.7 Å². The van der Waals surface area contributed by atoms with Crippen molar-refractivity contribution in [2.75, 3.05) is 12.4 Å². The van der Waals surface area contributed by atoms with Gasteiger partial charge in [-0.05, 0) is 24.0 Å². The molecule has 1 nitrogen and oxygen atoms in total. The van der Waals surface area contributed by atoms with Crippen LogP contribution in [-0.2, 0) is 12.8 Å². The molecule has 1 aliphatic rings. The van der Waals surface area contributed by atoms with Crippen molar-refractivity contribution in [3.05, 3.63) is 47.5 Å². The fraction of sp³-hybridized carbons (Fsp3) is 0.385. The fourth-order valence-corrected chi connectivity index (χ4v) is 2.21. The predicted octanol–water partition coefficient (Wildman–Crippen LogP) is 2.54. The molecule has 0 aliphatic heterocycles. The highest BCUT2D eigenvalue weighted by Gasteiger charge is 2.19. The molecule has 80 valence electrons. The summed E-state index contributed by atoms with van der Waals surface area (Å²) in [7, 11) is 0. The number of allylic oxidation sites excluding steroid dienone is 1. The van der Waals surface area contributed by atoms with Crippen LogP contribution in [0.2, 0.25) is 0 Å². The lowest BCUT2D eigenvalue weighted by Crippen LogP contribution is -2.29.